The number of nitrogens with one attached hydrogen (secondary N) is 1. The average Bonchev–Trinajstić information content (AvgIpc) is 2.66. The fourth-order valence-electron chi connectivity index (χ4n) is 2.26. The van der Waals surface area contributed by atoms with E-state index < -0.39 is 0 Å². The van der Waals surface area contributed by atoms with Crippen molar-refractivity contribution in [2.24, 2.45) is 0 Å². The molecule has 1 aliphatic rings. The van der Waals surface area contributed by atoms with E-state index in [1.165, 1.54) is 11.1 Å². The van der Waals surface area contributed by atoms with E-state index in [1.807, 2.05) is 4.90 Å². The highest BCUT2D eigenvalue weighted by molar-refractivity contribution is 5.85. The molecule has 1 aromatic rings. The molecule has 1 amide bonds. The smallest absolute Gasteiger partial charge is 0.222 e. The van der Waals surface area contributed by atoms with Crippen molar-refractivity contribution in [1.29, 1.82) is 0 Å². The molecule has 0 atom stereocenters. The molecule has 1 saturated heterocycles. The fourth-order valence-corrected chi connectivity index (χ4v) is 2.26. The number of carbonyl (C=O) groups excluding carboxylic acids is 1. The number of halogens is 1. The molecule has 0 bridgehead atoms. The van der Waals surface area contributed by atoms with Crippen molar-refractivity contribution in [3.8, 4) is 0 Å². The second kappa shape index (κ2) is 8.18. The van der Waals surface area contributed by atoms with Crippen LogP contribution in [0.3, 0.4) is 0 Å². The molecule has 0 unspecified atom stereocenters. The summed E-state index contributed by atoms with van der Waals surface area (Å²) < 4.78 is 0. The van der Waals surface area contributed by atoms with Crippen LogP contribution in [0.4, 0.5) is 0 Å². The van der Waals surface area contributed by atoms with Crippen molar-refractivity contribution in [3.05, 3.63) is 35.4 Å². The lowest BCUT2D eigenvalue weighted by molar-refractivity contribution is -0.130. The maximum atomic E-state index is 12.1. The van der Waals surface area contributed by atoms with E-state index in [0.717, 1.165) is 39.0 Å². The maximum absolute atomic E-state index is 12.1. The number of aryl methyl sites for hydroxylation is 2. The molecule has 0 aromatic heterocycles. The maximum Gasteiger partial charge on any atom is 0.222 e. The number of carbonyl (C=O) groups is 1. The highest BCUT2D eigenvalue weighted by atomic mass is 35.5. The Morgan fingerprint density at radius 1 is 1.21 bits per heavy atom. The van der Waals surface area contributed by atoms with Crippen LogP contribution in [0.2, 0.25) is 0 Å². The lowest BCUT2D eigenvalue weighted by Gasteiger charge is -2.19. The third-order valence-electron chi connectivity index (χ3n) is 3.44. The van der Waals surface area contributed by atoms with Gasteiger partial charge in [-0.15, -0.1) is 12.4 Å². The van der Waals surface area contributed by atoms with Gasteiger partial charge in [-0.2, -0.15) is 0 Å². The van der Waals surface area contributed by atoms with Crippen molar-refractivity contribution in [2.75, 3.05) is 26.2 Å². The molecule has 1 N–H and O–H groups in total. The molecule has 1 aliphatic heterocycles. The quantitative estimate of drug-likeness (QED) is 0.922. The Labute approximate surface area is 121 Å². The predicted molar refractivity (Wildman–Crippen MR) is 80.8 cm³/mol. The Kier molecular flexibility index (Phi) is 6.89. The summed E-state index contributed by atoms with van der Waals surface area (Å²) in [6.45, 7) is 5.80. The number of nitrogens with zero attached hydrogens (tertiary/aromatic N) is 1. The van der Waals surface area contributed by atoms with Crippen molar-refractivity contribution in [1.82, 2.24) is 10.2 Å². The van der Waals surface area contributed by atoms with Crippen LogP contribution < -0.4 is 5.32 Å². The third-order valence-corrected chi connectivity index (χ3v) is 3.44. The minimum atomic E-state index is 0. The molecule has 3 nitrogen and oxygen atoms in total. The van der Waals surface area contributed by atoms with Gasteiger partial charge in [-0.25, -0.2) is 0 Å². The summed E-state index contributed by atoms with van der Waals surface area (Å²) in [5.74, 6) is 0.291. The van der Waals surface area contributed by atoms with E-state index in [9.17, 15) is 4.79 Å². The topological polar surface area (TPSA) is 32.3 Å². The molecule has 1 heterocycles. The van der Waals surface area contributed by atoms with Gasteiger partial charge >= 0.3 is 0 Å². The van der Waals surface area contributed by atoms with Gasteiger partial charge in [0.1, 0.15) is 0 Å². The zero-order valence-corrected chi connectivity index (χ0v) is 12.3. The van der Waals surface area contributed by atoms with Crippen molar-refractivity contribution in [2.45, 2.75) is 26.2 Å². The SMILES string of the molecule is Cc1ccc(CCC(=O)N2CCCNCC2)cc1.Cl. The van der Waals surface area contributed by atoms with E-state index >= 15 is 0 Å². The summed E-state index contributed by atoms with van der Waals surface area (Å²) in [7, 11) is 0. The van der Waals surface area contributed by atoms with E-state index in [2.05, 4.69) is 36.5 Å². The van der Waals surface area contributed by atoms with Crippen LogP contribution in [-0.4, -0.2) is 37.0 Å². The second-order valence-corrected chi connectivity index (χ2v) is 4.97. The highest BCUT2D eigenvalue weighted by Gasteiger charge is 2.14. The zero-order chi connectivity index (χ0) is 12.8. The molecule has 1 aromatic carbocycles. The summed E-state index contributed by atoms with van der Waals surface area (Å²) in [6.07, 6.45) is 2.54. The van der Waals surface area contributed by atoms with Gasteiger partial charge < -0.3 is 10.2 Å². The molecular formula is C15H23ClN2O. The molecule has 0 saturated carbocycles. The van der Waals surface area contributed by atoms with Crippen LogP contribution in [0.15, 0.2) is 24.3 Å². The standard InChI is InChI=1S/C15H22N2O.ClH/c1-13-3-5-14(6-4-13)7-8-15(18)17-11-2-9-16-10-12-17;/h3-6,16H,2,7-12H2,1H3;1H. The first-order valence-corrected chi connectivity index (χ1v) is 6.80. The van der Waals surface area contributed by atoms with Gasteiger partial charge in [0.15, 0.2) is 0 Å². The van der Waals surface area contributed by atoms with Gasteiger partial charge in [-0.05, 0) is 31.9 Å². The molecule has 2 rings (SSSR count). The van der Waals surface area contributed by atoms with Crippen molar-refractivity contribution >= 4 is 18.3 Å². The van der Waals surface area contributed by atoms with Crippen LogP contribution in [0.25, 0.3) is 0 Å². The predicted octanol–water partition coefficient (Wildman–Crippen LogP) is 2.17. The third kappa shape index (κ3) is 5.21. The number of hydrogen-bond donors (Lipinski definition) is 1. The normalized spacial score (nSPS) is 15.5. The Balaban J connectivity index is 0.00000180. The molecule has 0 aliphatic carbocycles. The number of benzene rings is 1. The number of amides is 1. The van der Waals surface area contributed by atoms with Gasteiger partial charge in [-0.3, -0.25) is 4.79 Å². The number of hydrogen-bond acceptors (Lipinski definition) is 2. The molecule has 0 radical (unpaired) electrons. The van der Waals surface area contributed by atoms with E-state index in [4.69, 9.17) is 0 Å². The van der Waals surface area contributed by atoms with E-state index in [0.29, 0.717) is 12.3 Å². The first-order valence-electron chi connectivity index (χ1n) is 6.80. The fraction of sp³-hybridized carbons (Fsp3) is 0.533. The number of rotatable bonds is 3. The molecule has 19 heavy (non-hydrogen) atoms. The molecular weight excluding hydrogens is 260 g/mol. The molecule has 4 heteroatoms. The highest BCUT2D eigenvalue weighted by Crippen LogP contribution is 2.08. The van der Waals surface area contributed by atoms with Crippen molar-refractivity contribution in [3.63, 3.8) is 0 Å². The van der Waals surface area contributed by atoms with Crippen LogP contribution in [0.1, 0.15) is 24.0 Å². The van der Waals surface area contributed by atoms with Gasteiger partial charge in [-0.1, -0.05) is 29.8 Å². The largest absolute Gasteiger partial charge is 0.341 e. The van der Waals surface area contributed by atoms with Crippen LogP contribution in [0, 0.1) is 6.92 Å². The van der Waals surface area contributed by atoms with E-state index in [-0.39, 0.29) is 12.4 Å². The van der Waals surface area contributed by atoms with Gasteiger partial charge in [0.25, 0.3) is 0 Å². The lowest BCUT2D eigenvalue weighted by atomic mass is 10.1. The monoisotopic (exact) mass is 282 g/mol. The summed E-state index contributed by atoms with van der Waals surface area (Å²) in [4.78, 5) is 14.1. The first kappa shape index (κ1) is 16.0. The molecule has 106 valence electrons. The minimum absolute atomic E-state index is 0. The van der Waals surface area contributed by atoms with E-state index in [1.54, 1.807) is 0 Å². The Hall–Kier alpha value is -1.06. The van der Waals surface area contributed by atoms with Crippen molar-refractivity contribution < 1.29 is 4.79 Å². The Morgan fingerprint density at radius 3 is 2.68 bits per heavy atom. The molecule has 0 spiro atoms. The first-order chi connectivity index (χ1) is 8.75. The minimum Gasteiger partial charge on any atom is -0.341 e. The molecule has 1 fully saturated rings. The average molecular weight is 283 g/mol. The Bertz CT molecular complexity index is 384. The van der Waals surface area contributed by atoms with Crippen LogP contribution in [-0.2, 0) is 11.2 Å². The lowest BCUT2D eigenvalue weighted by Crippen LogP contribution is -2.34. The van der Waals surface area contributed by atoms with Gasteiger partial charge in [0, 0.05) is 26.1 Å². The summed E-state index contributed by atoms with van der Waals surface area (Å²) in [5.41, 5.74) is 2.52. The zero-order valence-electron chi connectivity index (χ0n) is 11.5. The van der Waals surface area contributed by atoms with Gasteiger partial charge in [0.2, 0.25) is 5.91 Å². The second-order valence-electron chi connectivity index (χ2n) is 4.97. The Morgan fingerprint density at radius 2 is 1.95 bits per heavy atom. The summed E-state index contributed by atoms with van der Waals surface area (Å²) >= 11 is 0. The van der Waals surface area contributed by atoms with Gasteiger partial charge in [0.05, 0.1) is 0 Å². The summed E-state index contributed by atoms with van der Waals surface area (Å²) in [5, 5.41) is 3.32. The summed E-state index contributed by atoms with van der Waals surface area (Å²) in [6, 6.07) is 8.45. The van der Waals surface area contributed by atoms with Crippen LogP contribution in [0.5, 0.6) is 0 Å². The van der Waals surface area contributed by atoms with Crippen LogP contribution >= 0.6 is 12.4 Å².